The topological polar surface area (TPSA) is 82.8 Å². The summed E-state index contributed by atoms with van der Waals surface area (Å²) < 4.78 is 0. The first kappa shape index (κ1) is 17.1. The Morgan fingerprint density at radius 3 is 2.86 bits per heavy atom. The standard InChI is InChI=1S/C16H31N5O/c1-3-18-16(20-14-10-12(14)2)19-7-5-9-21-8-4-6-13(11-21)15(17)22/h12-14H,3-11H2,1-2H3,(H2,17,22)(H2,18,19,20). The fourth-order valence-electron chi connectivity index (χ4n) is 2.99. The van der Waals surface area contributed by atoms with Gasteiger partial charge in [0.2, 0.25) is 5.91 Å². The van der Waals surface area contributed by atoms with E-state index >= 15 is 0 Å². The summed E-state index contributed by atoms with van der Waals surface area (Å²) in [5, 5.41) is 6.77. The van der Waals surface area contributed by atoms with E-state index < -0.39 is 0 Å². The van der Waals surface area contributed by atoms with Crippen LogP contribution in [0.5, 0.6) is 0 Å². The second-order valence-corrected chi connectivity index (χ2v) is 6.62. The summed E-state index contributed by atoms with van der Waals surface area (Å²) in [6.07, 6.45) is 4.27. The highest BCUT2D eigenvalue weighted by Gasteiger charge is 2.33. The third-order valence-corrected chi connectivity index (χ3v) is 4.59. The predicted octanol–water partition coefficient (Wildman–Crippen LogP) is 0.537. The van der Waals surface area contributed by atoms with Gasteiger partial charge in [0, 0.05) is 25.7 Å². The molecule has 2 fully saturated rings. The van der Waals surface area contributed by atoms with Gasteiger partial charge in [0.1, 0.15) is 0 Å². The van der Waals surface area contributed by atoms with Crippen molar-refractivity contribution in [2.45, 2.75) is 45.6 Å². The number of carbonyl (C=O) groups excluding carboxylic acids is 1. The average Bonchev–Trinajstić information content (AvgIpc) is 3.19. The minimum atomic E-state index is -0.153. The maximum atomic E-state index is 11.3. The Balaban J connectivity index is 1.67. The summed E-state index contributed by atoms with van der Waals surface area (Å²) in [7, 11) is 0. The number of guanidine groups is 1. The van der Waals surface area contributed by atoms with Gasteiger partial charge in [0.15, 0.2) is 5.96 Å². The molecule has 2 aliphatic rings. The fourth-order valence-corrected chi connectivity index (χ4v) is 2.99. The van der Waals surface area contributed by atoms with Gasteiger partial charge >= 0.3 is 0 Å². The molecule has 0 spiro atoms. The molecular weight excluding hydrogens is 278 g/mol. The van der Waals surface area contributed by atoms with Gasteiger partial charge in [-0.05, 0) is 51.6 Å². The molecule has 0 aromatic heterocycles. The monoisotopic (exact) mass is 309 g/mol. The number of piperidine rings is 1. The summed E-state index contributed by atoms with van der Waals surface area (Å²) in [5.41, 5.74) is 5.42. The van der Waals surface area contributed by atoms with Crippen LogP contribution in [-0.2, 0) is 4.79 Å². The van der Waals surface area contributed by atoms with Crippen molar-refractivity contribution in [2.24, 2.45) is 22.6 Å². The van der Waals surface area contributed by atoms with Gasteiger partial charge in [-0.2, -0.15) is 0 Å². The number of nitrogens with zero attached hydrogens (tertiary/aromatic N) is 2. The van der Waals surface area contributed by atoms with Crippen LogP contribution in [0.3, 0.4) is 0 Å². The lowest BCUT2D eigenvalue weighted by atomic mass is 9.97. The van der Waals surface area contributed by atoms with Crippen molar-refractivity contribution in [1.82, 2.24) is 15.5 Å². The van der Waals surface area contributed by atoms with Crippen LogP contribution < -0.4 is 16.4 Å². The molecule has 0 aromatic rings. The van der Waals surface area contributed by atoms with Crippen LogP contribution >= 0.6 is 0 Å². The molecule has 22 heavy (non-hydrogen) atoms. The smallest absolute Gasteiger partial charge is 0.221 e. The SMILES string of the molecule is CCNC(=NCCCN1CCCC(C(N)=O)C1)NC1CC1C. The van der Waals surface area contributed by atoms with Crippen LogP contribution in [0, 0.1) is 11.8 Å². The number of amides is 1. The number of hydrogen-bond acceptors (Lipinski definition) is 3. The maximum Gasteiger partial charge on any atom is 0.221 e. The van der Waals surface area contributed by atoms with Crippen LogP contribution in [0.25, 0.3) is 0 Å². The lowest BCUT2D eigenvalue weighted by Gasteiger charge is -2.30. The van der Waals surface area contributed by atoms with E-state index in [2.05, 4.69) is 34.4 Å². The zero-order chi connectivity index (χ0) is 15.9. The van der Waals surface area contributed by atoms with Gasteiger partial charge in [-0.3, -0.25) is 9.79 Å². The fraction of sp³-hybridized carbons (Fsp3) is 0.875. The van der Waals surface area contributed by atoms with Crippen molar-refractivity contribution < 1.29 is 4.79 Å². The number of likely N-dealkylation sites (tertiary alicyclic amines) is 1. The minimum Gasteiger partial charge on any atom is -0.369 e. The Kier molecular flexibility index (Phi) is 6.49. The van der Waals surface area contributed by atoms with E-state index in [1.165, 1.54) is 6.42 Å². The lowest BCUT2D eigenvalue weighted by Crippen LogP contribution is -2.41. The molecule has 1 saturated carbocycles. The molecule has 1 aliphatic carbocycles. The van der Waals surface area contributed by atoms with E-state index in [-0.39, 0.29) is 11.8 Å². The first-order chi connectivity index (χ1) is 10.6. The highest BCUT2D eigenvalue weighted by atomic mass is 16.1. The number of carbonyl (C=O) groups is 1. The van der Waals surface area contributed by atoms with Gasteiger partial charge in [-0.1, -0.05) is 6.92 Å². The van der Waals surface area contributed by atoms with E-state index in [9.17, 15) is 4.79 Å². The number of nitrogens with one attached hydrogen (secondary N) is 2. The predicted molar refractivity (Wildman–Crippen MR) is 89.7 cm³/mol. The number of hydrogen-bond donors (Lipinski definition) is 3. The molecule has 0 radical (unpaired) electrons. The quantitative estimate of drug-likeness (QED) is 0.364. The van der Waals surface area contributed by atoms with Crippen LogP contribution in [0.4, 0.5) is 0 Å². The van der Waals surface area contributed by atoms with Crippen molar-refractivity contribution in [1.29, 1.82) is 0 Å². The normalized spacial score (nSPS) is 29.2. The summed E-state index contributed by atoms with van der Waals surface area (Å²) in [4.78, 5) is 18.3. The third-order valence-electron chi connectivity index (χ3n) is 4.59. The zero-order valence-electron chi connectivity index (χ0n) is 14.0. The molecule has 1 amide bonds. The first-order valence-corrected chi connectivity index (χ1v) is 8.66. The molecule has 3 atom stereocenters. The maximum absolute atomic E-state index is 11.3. The highest BCUT2D eigenvalue weighted by Crippen LogP contribution is 2.28. The molecule has 6 heteroatoms. The van der Waals surface area contributed by atoms with E-state index in [1.807, 2.05) is 0 Å². The van der Waals surface area contributed by atoms with Crippen molar-refractivity contribution in [3.63, 3.8) is 0 Å². The molecule has 1 heterocycles. The van der Waals surface area contributed by atoms with E-state index in [4.69, 9.17) is 5.73 Å². The van der Waals surface area contributed by atoms with E-state index in [0.29, 0.717) is 6.04 Å². The summed E-state index contributed by atoms with van der Waals surface area (Å²) in [5.74, 6) is 1.58. The van der Waals surface area contributed by atoms with E-state index in [1.54, 1.807) is 0 Å². The Labute approximate surface area is 133 Å². The molecule has 126 valence electrons. The molecular formula is C16H31N5O. The third kappa shape index (κ3) is 5.48. The number of nitrogens with two attached hydrogens (primary N) is 1. The first-order valence-electron chi connectivity index (χ1n) is 8.66. The van der Waals surface area contributed by atoms with Crippen molar-refractivity contribution in [3.8, 4) is 0 Å². The minimum absolute atomic E-state index is 0.0348. The molecule has 2 rings (SSSR count). The van der Waals surface area contributed by atoms with Crippen molar-refractivity contribution in [3.05, 3.63) is 0 Å². The Hall–Kier alpha value is -1.30. The van der Waals surface area contributed by atoms with Crippen molar-refractivity contribution >= 4 is 11.9 Å². The molecule has 6 nitrogen and oxygen atoms in total. The number of rotatable bonds is 7. The highest BCUT2D eigenvalue weighted by molar-refractivity contribution is 5.80. The summed E-state index contributed by atoms with van der Waals surface area (Å²) in [6.45, 7) is 8.93. The molecule has 3 unspecified atom stereocenters. The average molecular weight is 309 g/mol. The number of aliphatic imine (C=N–C) groups is 1. The molecule has 1 saturated heterocycles. The van der Waals surface area contributed by atoms with Gasteiger partial charge in [-0.25, -0.2) is 0 Å². The van der Waals surface area contributed by atoms with Crippen LogP contribution in [0.1, 0.15) is 39.5 Å². The molecule has 1 aliphatic heterocycles. The van der Waals surface area contributed by atoms with Crippen LogP contribution in [0.15, 0.2) is 4.99 Å². The van der Waals surface area contributed by atoms with Crippen molar-refractivity contribution in [2.75, 3.05) is 32.7 Å². The second kappa shape index (κ2) is 8.36. The zero-order valence-corrected chi connectivity index (χ0v) is 14.0. The van der Waals surface area contributed by atoms with Gasteiger partial charge in [-0.15, -0.1) is 0 Å². The molecule has 0 aromatic carbocycles. The van der Waals surface area contributed by atoms with Gasteiger partial charge in [0.05, 0.1) is 5.92 Å². The molecule has 4 N–H and O–H groups in total. The Morgan fingerprint density at radius 1 is 1.45 bits per heavy atom. The summed E-state index contributed by atoms with van der Waals surface area (Å²) >= 11 is 0. The van der Waals surface area contributed by atoms with Crippen LogP contribution in [-0.4, -0.2) is 55.5 Å². The molecule has 0 bridgehead atoms. The Morgan fingerprint density at radius 2 is 2.23 bits per heavy atom. The van der Waals surface area contributed by atoms with Crippen LogP contribution in [0.2, 0.25) is 0 Å². The Bertz CT molecular complexity index is 398. The van der Waals surface area contributed by atoms with Gasteiger partial charge in [0.25, 0.3) is 0 Å². The number of primary amides is 1. The van der Waals surface area contributed by atoms with E-state index in [0.717, 1.165) is 63.9 Å². The summed E-state index contributed by atoms with van der Waals surface area (Å²) in [6, 6.07) is 0.594. The second-order valence-electron chi connectivity index (χ2n) is 6.62. The lowest BCUT2D eigenvalue weighted by molar-refractivity contribution is -0.123. The largest absolute Gasteiger partial charge is 0.369 e. The van der Waals surface area contributed by atoms with Gasteiger partial charge < -0.3 is 21.3 Å².